The third-order valence-electron chi connectivity index (χ3n) is 2.52. The number of aryl methyl sites for hydroxylation is 1. The van der Waals surface area contributed by atoms with E-state index in [-0.39, 0.29) is 5.78 Å². The third kappa shape index (κ3) is 4.57. The van der Waals surface area contributed by atoms with E-state index in [1.54, 1.807) is 6.92 Å². The van der Waals surface area contributed by atoms with Crippen molar-refractivity contribution in [2.45, 2.75) is 20.3 Å². The molecule has 0 aromatic heterocycles. The number of benzene rings is 1. The van der Waals surface area contributed by atoms with Crippen molar-refractivity contribution in [2.24, 2.45) is 0 Å². The molecule has 1 aromatic carbocycles. The maximum Gasteiger partial charge on any atom is 0.163 e. The maximum atomic E-state index is 11.5. The molecule has 0 bridgehead atoms. The van der Waals surface area contributed by atoms with Crippen LogP contribution in [0.1, 0.15) is 29.3 Å². The summed E-state index contributed by atoms with van der Waals surface area (Å²) in [5.41, 5.74) is 1.76. The molecule has 0 amide bonds. The molecule has 17 heavy (non-hydrogen) atoms. The lowest BCUT2D eigenvalue weighted by molar-refractivity contribution is 0.101. The van der Waals surface area contributed by atoms with Crippen molar-refractivity contribution in [3.8, 4) is 5.75 Å². The number of hydrogen-bond acceptors (Lipinski definition) is 3. The van der Waals surface area contributed by atoms with E-state index in [0.717, 1.165) is 18.5 Å². The van der Waals surface area contributed by atoms with E-state index in [0.29, 0.717) is 17.9 Å². The molecule has 0 heterocycles. The molecule has 0 atom stereocenters. The van der Waals surface area contributed by atoms with Gasteiger partial charge in [0.05, 0.1) is 12.2 Å². The average Bonchev–Trinajstić information content (AvgIpc) is 2.25. The van der Waals surface area contributed by atoms with Gasteiger partial charge in [0.25, 0.3) is 0 Å². The summed E-state index contributed by atoms with van der Waals surface area (Å²) in [7, 11) is 4.07. The van der Waals surface area contributed by atoms with Crippen molar-refractivity contribution in [1.29, 1.82) is 0 Å². The van der Waals surface area contributed by atoms with Crippen LogP contribution in [0.2, 0.25) is 0 Å². The molecule has 0 aliphatic carbocycles. The minimum Gasteiger partial charge on any atom is -0.493 e. The fourth-order valence-electron chi connectivity index (χ4n) is 1.61. The van der Waals surface area contributed by atoms with Crippen LogP contribution < -0.4 is 4.74 Å². The smallest absolute Gasteiger partial charge is 0.163 e. The summed E-state index contributed by atoms with van der Waals surface area (Å²) in [5, 5.41) is 0. The first-order chi connectivity index (χ1) is 8.00. The molecule has 1 rings (SSSR count). The van der Waals surface area contributed by atoms with Crippen LogP contribution in [0.5, 0.6) is 5.75 Å². The Hall–Kier alpha value is -1.35. The number of nitrogens with zero attached hydrogens (tertiary/aromatic N) is 1. The molecule has 0 unspecified atom stereocenters. The van der Waals surface area contributed by atoms with Crippen LogP contribution in [0.15, 0.2) is 18.2 Å². The van der Waals surface area contributed by atoms with Gasteiger partial charge in [-0.2, -0.15) is 0 Å². The lowest BCUT2D eigenvalue weighted by atomic mass is 10.1. The summed E-state index contributed by atoms with van der Waals surface area (Å²) in [6.07, 6.45) is 0.957. The molecule has 0 N–H and O–H groups in total. The highest BCUT2D eigenvalue weighted by molar-refractivity contribution is 5.97. The van der Waals surface area contributed by atoms with Crippen molar-refractivity contribution in [3.63, 3.8) is 0 Å². The molecule has 0 radical (unpaired) electrons. The van der Waals surface area contributed by atoms with Gasteiger partial charge in [-0.15, -0.1) is 0 Å². The predicted octanol–water partition coefficient (Wildman–Crippen LogP) is 2.53. The topological polar surface area (TPSA) is 29.5 Å². The number of rotatable bonds is 6. The van der Waals surface area contributed by atoms with E-state index >= 15 is 0 Å². The molecule has 0 spiro atoms. The quantitative estimate of drug-likeness (QED) is 0.560. The Balaban J connectivity index is 2.61. The summed E-state index contributed by atoms with van der Waals surface area (Å²) >= 11 is 0. The number of carbonyl (C=O) groups is 1. The second-order valence-electron chi connectivity index (χ2n) is 4.56. The minimum atomic E-state index is 0.0521. The molecule has 3 heteroatoms. The zero-order valence-corrected chi connectivity index (χ0v) is 11.1. The van der Waals surface area contributed by atoms with Gasteiger partial charge in [-0.05, 0) is 46.5 Å². The summed E-state index contributed by atoms with van der Waals surface area (Å²) in [6.45, 7) is 5.17. The van der Waals surface area contributed by atoms with E-state index in [1.807, 2.05) is 39.2 Å². The van der Waals surface area contributed by atoms with E-state index in [2.05, 4.69) is 4.90 Å². The molecule has 0 aliphatic rings. The first-order valence-corrected chi connectivity index (χ1v) is 5.90. The van der Waals surface area contributed by atoms with E-state index in [1.165, 1.54) is 0 Å². The highest BCUT2D eigenvalue weighted by atomic mass is 16.5. The van der Waals surface area contributed by atoms with Gasteiger partial charge in [0.15, 0.2) is 5.78 Å². The lowest BCUT2D eigenvalue weighted by Gasteiger charge is -2.12. The highest BCUT2D eigenvalue weighted by Crippen LogP contribution is 2.20. The standard InChI is InChI=1S/C14H21NO2/c1-11-6-7-14(13(10-11)12(2)16)17-9-5-8-15(3)4/h6-7,10H,5,8-9H2,1-4H3. The van der Waals surface area contributed by atoms with Gasteiger partial charge in [-0.1, -0.05) is 11.6 Å². The minimum absolute atomic E-state index is 0.0521. The highest BCUT2D eigenvalue weighted by Gasteiger charge is 2.08. The molecular weight excluding hydrogens is 214 g/mol. The molecule has 3 nitrogen and oxygen atoms in total. The van der Waals surface area contributed by atoms with Gasteiger partial charge < -0.3 is 9.64 Å². The average molecular weight is 235 g/mol. The number of ether oxygens (including phenoxy) is 1. The molecule has 1 aromatic rings. The number of carbonyl (C=O) groups excluding carboxylic acids is 1. The van der Waals surface area contributed by atoms with Crippen LogP contribution >= 0.6 is 0 Å². The Labute approximate surface area is 103 Å². The van der Waals surface area contributed by atoms with Gasteiger partial charge >= 0.3 is 0 Å². The van der Waals surface area contributed by atoms with Gasteiger partial charge in [-0.3, -0.25) is 4.79 Å². The SMILES string of the molecule is CC(=O)c1cc(C)ccc1OCCCN(C)C. The maximum absolute atomic E-state index is 11.5. The fraction of sp³-hybridized carbons (Fsp3) is 0.500. The first-order valence-electron chi connectivity index (χ1n) is 5.90. The van der Waals surface area contributed by atoms with Crippen LogP contribution in [0.3, 0.4) is 0 Å². The number of Topliss-reactive ketones (excluding diaryl/α,β-unsaturated/α-hetero) is 1. The fourth-order valence-corrected chi connectivity index (χ4v) is 1.61. The molecule has 94 valence electrons. The van der Waals surface area contributed by atoms with Gasteiger partial charge in [0, 0.05) is 6.54 Å². The van der Waals surface area contributed by atoms with Crippen LogP contribution in [0.25, 0.3) is 0 Å². The predicted molar refractivity (Wildman–Crippen MR) is 69.8 cm³/mol. The summed E-state index contributed by atoms with van der Waals surface area (Å²) in [4.78, 5) is 13.6. The van der Waals surface area contributed by atoms with Gasteiger partial charge in [-0.25, -0.2) is 0 Å². The Morgan fingerprint density at radius 2 is 2.06 bits per heavy atom. The Kier molecular flexibility index (Phi) is 5.16. The Morgan fingerprint density at radius 1 is 1.35 bits per heavy atom. The van der Waals surface area contributed by atoms with Crippen LogP contribution in [0.4, 0.5) is 0 Å². The van der Waals surface area contributed by atoms with Gasteiger partial charge in [0.1, 0.15) is 5.75 Å². The Morgan fingerprint density at radius 3 is 2.65 bits per heavy atom. The van der Waals surface area contributed by atoms with Crippen molar-refractivity contribution in [2.75, 3.05) is 27.2 Å². The second-order valence-corrected chi connectivity index (χ2v) is 4.56. The monoisotopic (exact) mass is 235 g/mol. The van der Waals surface area contributed by atoms with Crippen molar-refractivity contribution in [1.82, 2.24) is 4.90 Å². The summed E-state index contributed by atoms with van der Waals surface area (Å²) in [6, 6.07) is 5.72. The summed E-state index contributed by atoms with van der Waals surface area (Å²) in [5.74, 6) is 0.748. The van der Waals surface area contributed by atoms with Crippen LogP contribution in [-0.4, -0.2) is 37.9 Å². The van der Waals surface area contributed by atoms with Crippen molar-refractivity contribution in [3.05, 3.63) is 29.3 Å². The van der Waals surface area contributed by atoms with E-state index in [9.17, 15) is 4.79 Å². The van der Waals surface area contributed by atoms with Crippen LogP contribution in [-0.2, 0) is 0 Å². The second kappa shape index (κ2) is 6.40. The molecule has 0 saturated heterocycles. The van der Waals surface area contributed by atoms with Crippen molar-refractivity contribution < 1.29 is 9.53 Å². The largest absolute Gasteiger partial charge is 0.493 e. The third-order valence-corrected chi connectivity index (χ3v) is 2.52. The molecule has 0 fully saturated rings. The van der Waals surface area contributed by atoms with Crippen LogP contribution in [0, 0.1) is 6.92 Å². The zero-order chi connectivity index (χ0) is 12.8. The van der Waals surface area contributed by atoms with E-state index < -0.39 is 0 Å². The molecular formula is C14H21NO2. The van der Waals surface area contributed by atoms with E-state index in [4.69, 9.17) is 4.74 Å². The zero-order valence-electron chi connectivity index (χ0n) is 11.1. The first kappa shape index (κ1) is 13.7. The summed E-state index contributed by atoms with van der Waals surface area (Å²) < 4.78 is 5.66. The number of hydrogen-bond donors (Lipinski definition) is 0. The number of ketones is 1. The lowest BCUT2D eigenvalue weighted by Crippen LogP contribution is -2.16. The normalized spacial score (nSPS) is 10.6. The van der Waals surface area contributed by atoms with Gasteiger partial charge in [0.2, 0.25) is 0 Å². The molecule has 0 aliphatic heterocycles. The Bertz CT molecular complexity index is 386. The molecule has 0 saturated carbocycles. The van der Waals surface area contributed by atoms with Crippen molar-refractivity contribution >= 4 is 5.78 Å².